The second-order valence-corrected chi connectivity index (χ2v) is 5.04. The molecular weight excluding hydrogens is 280 g/mol. The lowest BCUT2D eigenvalue weighted by atomic mass is 9.97. The quantitative estimate of drug-likeness (QED) is 0.796. The third-order valence-corrected chi connectivity index (χ3v) is 3.44. The van der Waals surface area contributed by atoms with Gasteiger partial charge >= 0.3 is 5.97 Å². The molecule has 110 valence electrons. The van der Waals surface area contributed by atoms with Crippen molar-refractivity contribution >= 4 is 5.97 Å². The van der Waals surface area contributed by atoms with Gasteiger partial charge in [-0.05, 0) is 47.9 Å². The molecule has 0 saturated heterocycles. The van der Waals surface area contributed by atoms with Crippen molar-refractivity contribution in [2.24, 2.45) is 0 Å². The highest BCUT2D eigenvalue weighted by atomic mass is 16.4. The second-order valence-electron chi connectivity index (χ2n) is 5.04. The fourth-order valence-electron chi connectivity index (χ4n) is 2.33. The van der Waals surface area contributed by atoms with Gasteiger partial charge in [0.1, 0.15) is 0 Å². The number of hydrogen-bond donors (Lipinski definition) is 1. The van der Waals surface area contributed by atoms with Crippen LogP contribution in [0.15, 0.2) is 46.9 Å². The first-order chi connectivity index (χ1) is 10.5. The van der Waals surface area contributed by atoms with Crippen LogP contribution in [0, 0.1) is 13.8 Å². The molecule has 0 radical (unpaired) electrons. The van der Waals surface area contributed by atoms with Gasteiger partial charge in [-0.1, -0.05) is 18.2 Å². The van der Waals surface area contributed by atoms with Crippen molar-refractivity contribution in [2.45, 2.75) is 13.8 Å². The monoisotopic (exact) mass is 294 g/mol. The number of nitrogens with zero attached hydrogens (tertiary/aromatic N) is 2. The number of carboxylic acids is 1. The smallest absolute Gasteiger partial charge is 0.335 e. The lowest BCUT2D eigenvalue weighted by Crippen LogP contribution is -1.95. The standard InChI is InChI=1S/C17H14N2O3/c1-10-9-14(16-19-18-11(2)22-16)7-8-15(10)12-3-5-13(6-4-12)17(20)21/h3-9H,1-2H3,(H,20,21). The summed E-state index contributed by atoms with van der Waals surface area (Å²) < 4.78 is 5.42. The zero-order valence-electron chi connectivity index (χ0n) is 12.2. The van der Waals surface area contributed by atoms with Gasteiger partial charge in [0.2, 0.25) is 11.8 Å². The van der Waals surface area contributed by atoms with Gasteiger partial charge in [0, 0.05) is 12.5 Å². The van der Waals surface area contributed by atoms with E-state index in [1.807, 2.05) is 37.3 Å². The molecule has 1 heterocycles. The summed E-state index contributed by atoms with van der Waals surface area (Å²) in [5.74, 6) is 0.0970. The van der Waals surface area contributed by atoms with Crippen molar-refractivity contribution in [1.29, 1.82) is 0 Å². The van der Waals surface area contributed by atoms with Crippen molar-refractivity contribution in [1.82, 2.24) is 10.2 Å². The van der Waals surface area contributed by atoms with Crippen LogP contribution >= 0.6 is 0 Å². The molecule has 0 bridgehead atoms. The van der Waals surface area contributed by atoms with Crippen LogP contribution < -0.4 is 0 Å². The number of carbonyl (C=O) groups is 1. The highest BCUT2D eigenvalue weighted by Gasteiger charge is 2.10. The Morgan fingerprint density at radius 1 is 1.00 bits per heavy atom. The molecule has 0 saturated carbocycles. The number of benzene rings is 2. The fourth-order valence-corrected chi connectivity index (χ4v) is 2.33. The summed E-state index contributed by atoms with van der Waals surface area (Å²) in [5, 5.41) is 16.8. The minimum atomic E-state index is -0.926. The van der Waals surface area contributed by atoms with E-state index in [0.29, 0.717) is 11.8 Å². The fraction of sp³-hybridized carbons (Fsp3) is 0.118. The topological polar surface area (TPSA) is 76.2 Å². The van der Waals surface area contributed by atoms with E-state index in [-0.39, 0.29) is 5.56 Å². The molecule has 0 unspecified atom stereocenters. The minimum absolute atomic E-state index is 0.277. The van der Waals surface area contributed by atoms with Gasteiger partial charge in [0.05, 0.1) is 5.56 Å². The summed E-state index contributed by atoms with van der Waals surface area (Å²) in [6.07, 6.45) is 0. The van der Waals surface area contributed by atoms with Crippen molar-refractivity contribution in [3.63, 3.8) is 0 Å². The Balaban J connectivity index is 1.96. The maximum Gasteiger partial charge on any atom is 0.335 e. The first-order valence-electron chi connectivity index (χ1n) is 6.79. The van der Waals surface area contributed by atoms with Gasteiger partial charge in [0.25, 0.3) is 0 Å². The summed E-state index contributed by atoms with van der Waals surface area (Å²) in [4.78, 5) is 10.9. The Hall–Kier alpha value is -2.95. The summed E-state index contributed by atoms with van der Waals surface area (Å²) in [7, 11) is 0. The molecular formula is C17H14N2O3. The predicted octanol–water partition coefficient (Wildman–Crippen LogP) is 3.72. The van der Waals surface area contributed by atoms with Gasteiger partial charge in [-0.2, -0.15) is 0 Å². The highest BCUT2D eigenvalue weighted by Crippen LogP contribution is 2.28. The van der Waals surface area contributed by atoms with Crippen LogP contribution in [0.5, 0.6) is 0 Å². The molecule has 1 N–H and O–H groups in total. The molecule has 0 aliphatic carbocycles. The highest BCUT2D eigenvalue weighted by molar-refractivity contribution is 5.88. The Morgan fingerprint density at radius 2 is 1.68 bits per heavy atom. The van der Waals surface area contributed by atoms with Crippen LogP contribution in [0.1, 0.15) is 21.8 Å². The molecule has 22 heavy (non-hydrogen) atoms. The van der Waals surface area contributed by atoms with Crippen molar-refractivity contribution in [2.75, 3.05) is 0 Å². The molecule has 0 amide bonds. The summed E-state index contributed by atoms with van der Waals surface area (Å²) in [6, 6.07) is 12.7. The maximum absolute atomic E-state index is 10.9. The first kappa shape index (κ1) is 14.0. The number of aromatic nitrogens is 2. The van der Waals surface area contributed by atoms with Crippen molar-refractivity contribution in [3.8, 4) is 22.6 Å². The van der Waals surface area contributed by atoms with Gasteiger partial charge in [0.15, 0.2) is 0 Å². The van der Waals surface area contributed by atoms with E-state index in [9.17, 15) is 4.79 Å². The van der Waals surface area contributed by atoms with Gasteiger partial charge in [-0.15, -0.1) is 10.2 Å². The Morgan fingerprint density at radius 3 is 2.23 bits per heavy atom. The zero-order chi connectivity index (χ0) is 15.7. The van der Waals surface area contributed by atoms with Gasteiger partial charge in [-0.3, -0.25) is 0 Å². The molecule has 3 aromatic rings. The van der Waals surface area contributed by atoms with E-state index >= 15 is 0 Å². The van der Waals surface area contributed by atoms with Gasteiger partial charge in [-0.25, -0.2) is 4.79 Å². The third-order valence-electron chi connectivity index (χ3n) is 3.44. The van der Waals surface area contributed by atoms with Crippen LogP contribution in [0.4, 0.5) is 0 Å². The van der Waals surface area contributed by atoms with Crippen molar-refractivity contribution in [3.05, 3.63) is 59.5 Å². The third kappa shape index (κ3) is 2.61. The summed E-state index contributed by atoms with van der Waals surface area (Å²) in [5.41, 5.74) is 4.20. The van der Waals surface area contributed by atoms with E-state index in [1.54, 1.807) is 19.1 Å². The largest absolute Gasteiger partial charge is 0.478 e. The number of carboxylic acid groups (broad SMARTS) is 1. The minimum Gasteiger partial charge on any atom is -0.478 e. The maximum atomic E-state index is 10.9. The number of aromatic carboxylic acids is 1. The average Bonchev–Trinajstić information content (AvgIpc) is 2.94. The molecule has 2 aromatic carbocycles. The summed E-state index contributed by atoms with van der Waals surface area (Å²) >= 11 is 0. The van der Waals surface area contributed by atoms with E-state index in [1.165, 1.54) is 0 Å². The van der Waals surface area contributed by atoms with Gasteiger partial charge < -0.3 is 9.52 Å². The van der Waals surface area contributed by atoms with Crippen LogP contribution in [-0.2, 0) is 0 Å². The molecule has 0 spiro atoms. The normalized spacial score (nSPS) is 10.6. The predicted molar refractivity (Wildman–Crippen MR) is 81.6 cm³/mol. The van der Waals surface area contributed by atoms with Crippen LogP contribution in [0.25, 0.3) is 22.6 Å². The Bertz CT molecular complexity index is 835. The molecule has 0 atom stereocenters. The molecule has 3 rings (SSSR count). The summed E-state index contributed by atoms with van der Waals surface area (Å²) in [6.45, 7) is 3.74. The van der Waals surface area contributed by atoms with E-state index in [2.05, 4.69) is 10.2 Å². The Kier molecular flexibility index (Phi) is 3.47. The molecule has 1 aromatic heterocycles. The Labute approximate surface area is 127 Å². The van der Waals surface area contributed by atoms with Crippen LogP contribution in [0.2, 0.25) is 0 Å². The molecule has 5 nitrogen and oxygen atoms in total. The number of hydrogen-bond acceptors (Lipinski definition) is 4. The number of aryl methyl sites for hydroxylation is 2. The zero-order valence-corrected chi connectivity index (χ0v) is 12.2. The average molecular weight is 294 g/mol. The van der Waals surface area contributed by atoms with Crippen LogP contribution in [-0.4, -0.2) is 21.3 Å². The molecule has 5 heteroatoms. The lowest BCUT2D eigenvalue weighted by Gasteiger charge is -2.08. The van der Waals surface area contributed by atoms with E-state index in [4.69, 9.17) is 9.52 Å². The first-order valence-corrected chi connectivity index (χ1v) is 6.79. The van der Waals surface area contributed by atoms with Crippen LogP contribution in [0.3, 0.4) is 0 Å². The van der Waals surface area contributed by atoms with E-state index < -0.39 is 5.97 Å². The van der Waals surface area contributed by atoms with E-state index in [0.717, 1.165) is 22.3 Å². The SMILES string of the molecule is Cc1nnc(-c2ccc(-c3ccc(C(=O)O)cc3)c(C)c2)o1. The molecule has 0 aliphatic rings. The van der Waals surface area contributed by atoms with Crippen molar-refractivity contribution < 1.29 is 14.3 Å². The lowest BCUT2D eigenvalue weighted by molar-refractivity contribution is 0.0697. The number of rotatable bonds is 3. The molecule has 0 fully saturated rings. The second kappa shape index (κ2) is 5.44. The molecule has 0 aliphatic heterocycles.